The molecule has 276 valence electrons. The molecule has 4 amide bonds. The van der Waals surface area contributed by atoms with E-state index in [1.807, 2.05) is 24.3 Å². The van der Waals surface area contributed by atoms with Gasteiger partial charge in [0.1, 0.15) is 0 Å². The van der Waals surface area contributed by atoms with E-state index in [4.69, 9.17) is 0 Å². The molecular weight excluding hydrogens is 621 g/mol. The molecule has 2 aromatic rings. The normalized spacial score (nSPS) is 21.4. The van der Waals surface area contributed by atoms with Crippen LogP contribution in [0, 0.1) is 11.8 Å². The molecule has 0 aliphatic heterocycles. The lowest BCUT2D eigenvalue weighted by Gasteiger charge is -2.40. The zero-order valence-corrected chi connectivity index (χ0v) is 31.5. The molecule has 0 spiro atoms. The van der Waals surface area contributed by atoms with E-state index in [1.165, 1.54) is 38.5 Å². The van der Waals surface area contributed by atoms with Gasteiger partial charge in [-0.2, -0.15) is 0 Å². The first kappa shape index (κ1) is 37.8. The van der Waals surface area contributed by atoms with Gasteiger partial charge in [0.05, 0.1) is 0 Å². The van der Waals surface area contributed by atoms with Crippen LogP contribution in [0.3, 0.4) is 0 Å². The van der Waals surface area contributed by atoms with E-state index in [0.717, 1.165) is 100 Å². The molecule has 0 heterocycles. The lowest BCUT2D eigenvalue weighted by Crippen LogP contribution is -2.48. The highest BCUT2D eigenvalue weighted by Crippen LogP contribution is 2.34. The number of hydrogen-bond acceptors (Lipinski definition) is 4. The summed E-state index contributed by atoms with van der Waals surface area (Å²) in [4.78, 5) is 32.0. The Morgan fingerprint density at radius 3 is 1.18 bits per heavy atom. The second kappa shape index (κ2) is 19.3. The lowest BCUT2D eigenvalue weighted by molar-refractivity contribution is 0.117. The molecule has 50 heavy (non-hydrogen) atoms. The summed E-state index contributed by atoms with van der Waals surface area (Å²) in [6.07, 6.45) is 18.3. The standard InChI is InChI=1S/C42H66N6O2/c1-5-31(3)43-35-21-25-37(26-22-35)45-41(49)47(39-13-9-7-10-14-39)29-33-17-19-34(20-18-33)30-48(40-15-11-8-12-16-40)42(50)46-38-27-23-36(24-28-38)44-32(4)6-2/h21-28,31-34,39-40,43-44H,5-20,29-30H2,1-4H3,(H,45,49)(H,46,50)/t31?,32?,33-,34-. The maximum atomic E-state index is 13.8. The predicted octanol–water partition coefficient (Wildman–Crippen LogP) is 10.9. The van der Waals surface area contributed by atoms with Crippen LogP contribution in [0.2, 0.25) is 0 Å². The van der Waals surface area contributed by atoms with Crippen LogP contribution in [0.25, 0.3) is 0 Å². The highest BCUT2D eigenvalue weighted by molar-refractivity contribution is 5.90. The fourth-order valence-corrected chi connectivity index (χ4v) is 8.20. The summed E-state index contributed by atoms with van der Waals surface area (Å²) in [7, 11) is 0. The fraction of sp³-hybridized carbons (Fsp3) is 0.667. The van der Waals surface area contributed by atoms with Crippen molar-refractivity contribution < 1.29 is 9.59 Å². The molecule has 3 aliphatic rings. The minimum atomic E-state index is 0.0468. The molecule has 3 aliphatic carbocycles. The molecule has 0 radical (unpaired) electrons. The Morgan fingerprint density at radius 1 is 0.540 bits per heavy atom. The summed E-state index contributed by atoms with van der Waals surface area (Å²) in [5.41, 5.74) is 3.88. The zero-order valence-electron chi connectivity index (χ0n) is 31.5. The molecule has 4 N–H and O–H groups in total. The number of carbonyl (C=O) groups is 2. The van der Waals surface area contributed by atoms with E-state index in [9.17, 15) is 9.59 Å². The highest BCUT2D eigenvalue weighted by Gasteiger charge is 2.33. The molecule has 0 saturated heterocycles. The number of urea groups is 2. The fourth-order valence-electron chi connectivity index (χ4n) is 8.20. The third-order valence-corrected chi connectivity index (χ3v) is 11.8. The first-order chi connectivity index (χ1) is 24.3. The number of amides is 4. The number of nitrogens with zero attached hydrogens (tertiary/aromatic N) is 2. The molecule has 2 atom stereocenters. The summed E-state index contributed by atoms with van der Waals surface area (Å²) >= 11 is 0. The summed E-state index contributed by atoms with van der Waals surface area (Å²) in [6, 6.07) is 17.9. The maximum absolute atomic E-state index is 13.8. The first-order valence-electron chi connectivity index (χ1n) is 20.2. The molecule has 5 rings (SSSR count). The maximum Gasteiger partial charge on any atom is 0.322 e. The van der Waals surface area contributed by atoms with Gasteiger partial charge in [-0.1, -0.05) is 52.4 Å². The Bertz CT molecular complexity index is 1200. The molecule has 3 saturated carbocycles. The van der Waals surface area contributed by atoms with Crippen molar-refractivity contribution in [2.75, 3.05) is 34.4 Å². The minimum absolute atomic E-state index is 0.0468. The number of rotatable bonds is 14. The van der Waals surface area contributed by atoms with Crippen molar-refractivity contribution in [3.8, 4) is 0 Å². The SMILES string of the molecule is CCC(C)Nc1ccc(NC(=O)N(C[C@H]2CC[C@H](CN(C(=O)Nc3ccc(NC(C)CC)cc3)C3CCCCC3)CC2)C2CCCCC2)cc1. The predicted molar refractivity (Wildman–Crippen MR) is 210 cm³/mol. The third-order valence-electron chi connectivity index (χ3n) is 11.8. The van der Waals surface area contributed by atoms with Crippen LogP contribution in [0.5, 0.6) is 0 Å². The zero-order chi connectivity index (χ0) is 35.3. The van der Waals surface area contributed by atoms with Gasteiger partial charge in [-0.25, -0.2) is 9.59 Å². The smallest absolute Gasteiger partial charge is 0.322 e. The third kappa shape index (κ3) is 11.3. The molecule has 0 bridgehead atoms. The summed E-state index contributed by atoms with van der Waals surface area (Å²) in [6.45, 7) is 10.4. The Morgan fingerprint density at radius 2 is 0.860 bits per heavy atom. The first-order valence-corrected chi connectivity index (χ1v) is 20.2. The van der Waals surface area contributed by atoms with Gasteiger partial charge in [0.2, 0.25) is 0 Å². The number of benzene rings is 2. The van der Waals surface area contributed by atoms with Crippen LogP contribution in [-0.4, -0.2) is 59.1 Å². The summed E-state index contributed by atoms with van der Waals surface area (Å²) < 4.78 is 0. The van der Waals surface area contributed by atoms with Crippen molar-refractivity contribution >= 4 is 34.8 Å². The van der Waals surface area contributed by atoms with Gasteiger partial charge in [0.25, 0.3) is 0 Å². The molecular formula is C42H66N6O2. The van der Waals surface area contributed by atoms with Crippen molar-refractivity contribution in [3.05, 3.63) is 48.5 Å². The second-order valence-electron chi connectivity index (χ2n) is 15.7. The number of carbonyl (C=O) groups excluding carboxylic acids is 2. The second-order valence-corrected chi connectivity index (χ2v) is 15.7. The minimum Gasteiger partial charge on any atom is -0.383 e. The Balaban J connectivity index is 1.17. The lowest BCUT2D eigenvalue weighted by atomic mass is 9.80. The van der Waals surface area contributed by atoms with E-state index in [0.29, 0.717) is 36.0 Å². The van der Waals surface area contributed by atoms with Gasteiger partial charge < -0.3 is 31.1 Å². The largest absolute Gasteiger partial charge is 0.383 e. The Kier molecular flexibility index (Phi) is 14.6. The van der Waals surface area contributed by atoms with Crippen molar-refractivity contribution in [3.63, 3.8) is 0 Å². The van der Waals surface area contributed by atoms with Gasteiger partial charge in [-0.05, 0) is 138 Å². The highest BCUT2D eigenvalue weighted by atomic mass is 16.2. The van der Waals surface area contributed by atoms with Gasteiger partial charge in [-0.15, -0.1) is 0 Å². The van der Waals surface area contributed by atoms with Crippen molar-refractivity contribution in [1.29, 1.82) is 0 Å². The van der Waals surface area contributed by atoms with Crippen molar-refractivity contribution in [1.82, 2.24) is 9.80 Å². The van der Waals surface area contributed by atoms with Crippen LogP contribution in [0.1, 0.15) is 130 Å². The number of nitrogens with one attached hydrogen (secondary N) is 4. The van der Waals surface area contributed by atoms with E-state index in [-0.39, 0.29) is 12.1 Å². The van der Waals surface area contributed by atoms with Crippen LogP contribution < -0.4 is 21.3 Å². The van der Waals surface area contributed by atoms with Crippen LogP contribution in [0.4, 0.5) is 32.3 Å². The van der Waals surface area contributed by atoms with Gasteiger partial charge in [-0.3, -0.25) is 0 Å². The van der Waals surface area contributed by atoms with Crippen LogP contribution >= 0.6 is 0 Å². The number of anilines is 4. The van der Waals surface area contributed by atoms with Crippen molar-refractivity contribution in [2.24, 2.45) is 11.8 Å². The average molecular weight is 687 g/mol. The van der Waals surface area contributed by atoms with E-state index < -0.39 is 0 Å². The average Bonchev–Trinajstić information content (AvgIpc) is 3.15. The number of hydrogen-bond donors (Lipinski definition) is 4. The van der Waals surface area contributed by atoms with Gasteiger partial charge in [0, 0.05) is 60.0 Å². The monoisotopic (exact) mass is 687 g/mol. The van der Waals surface area contributed by atoms with E-state index in [1.54, 1.807) is 0 Å². The van der Waals surface area contributed by atoms with Crippen molar-refractivity contribution in [2.45, 2.75) is 155 Å². The summed E-state index contributed by atoms with van der Waals surface area (Å²) in [5.74, 6) is 1.00. The molecule has 8 nitrogen and oxygen atoms in total. The summed E-state index contributed by atoms with van der Waals surface area (Å²) in [5, 5.41) is 13.5. The Hall–Kier alpha value is -3.42. The molecule has 0 aromatic heterocycles. The van der Waals surface area contributed by atoms with Gasteiger partial charge >= 0.3 is 12.1 Å². The quantitative estimate of drug-likeness (QED) is 0.159. The molecule has 3 fully saturated rings. The topological polar surface area (TPSA) is 88.7 Å². The van der Waals surface area contributed by atoms with Crippen LogP contribution in [-0.2, 0) is 0 Å². The van der Waals surface area contributed by atoms with Gasteiger partial charge in [0.15, 0.2) is 0 Å². The molecule has 2 aromatic carbocycles. The molecule has 8 heteroatoms. The van der Waals surface area contributed by atoms with Crippen LogP contribution in [0.15, 0.2) is 48.5 Å². The molecule has 2 unspecified atom stereocenters. The van der Waals surface area contributed by atoms with E-state index >= 15 is 0 Å². The Labute approximate surface area is 302 Å². The van der Waals surface area contributed by atoms with E-state index in [2.05, 4.69) is 83.0 Å².